The second-order valence-electron chi connectivity index (χ2n) is 8.86. The standard InChI is InChI=1S/C28H33N3O6S2/c1-17(21-10-7-11-22(16-21)25(34)20-8-5-4-6-9-20)27(36)38-15-13-24(31-19(3)33)28(37)39-14-12-23(26(29)35)30-18(2)32/h4-11,16-17,23-24H,12-15H2,1-3H3,(H2,29,35)(H,30,32)(H,31,33). The number of benzene rings is 2. The van der Waals surface area contributed by atoms with E-state index in [0.29, 0.717) is 22.4 Å². The molecule has 208 valence electrons. The lowest BCUT2D eigenvalue weighted by molar-refractivity contribution is -0.126. The fourth-order valence-electron chi connectivity index (χ4n) is 3.65. The Morgan fingerprint density at radius 1 is 0.744 bits per heavy atom. The number of ketones is 1. The van der Waals surface area contributed by atoms with Crippen LogP contribution in [0.15, 0.2) is 54.6 Å². The number of nitrogens with one attached hydrogen (secondary N) is 2. The predicted molar refractivity (Wildman–Crippen MR) is 153 cm³/mol. The molecule has 39 heavy (non-hydrogen) atoms. The predicted octanol–water partition coefficient (Wildman–Crippen LogP) is 2.82. The van der Waals surface area contributed by atoms with E-state index in [1.165, 1.54) is 13.8 Å². The van der Waals surface area contributed by atoms with Gasteiger partial charge in [-0.15, -0.1) is 0 Å². The van der Waals surface area contributed by atoms with Crippen LogP contribution in [-0.2, 0) is 24.0 Å². The lowest BCUT2D eigenvalue weighted by Gasteiger charge is -2.18. The zero-order chi connectivity index (χ0) is 28.9. The Hall–Kier alpha value is -3.44. The van der Waals surface area contributed by atoms with Gasteiger partial charge >= 0.3 is 0 Å². The summed E-state index contributed by atoms with van der Waals surface area (Å²) in [7, 11) is 0. The van der Waals surface area contributed by atoms with E-state index < -0.39 is 29.8 Å². The van der Waals surface area contributed by atoms with Crippen molar-refractivity contribution < 1.29 is 28.8 Å². The average Bonchev–Trinajstić information content (AvgIpc) is 2.90. The Kier molecular flexibility index (Phi) is 12.9. The number of hydrogen-bond acceptors (Lipinski definition) is 8. The second-order valence-corrected chi connectivity index (χ2v) is 11.1. The van der Waals surface area contributed by atoms with Gasteiger partial charge in [0, 0.05) is 36.5 Å². The molecule has 3 amide bonds. The molecule has 2 aromatic carbocycles. The molecule has 0 radical (unpaired) electrons. The van der Waals surface area contributed by atoms with Crippen LogP contribution in [0.5, 0.6) is 0 Å². The quantitative estimate of drug-likeness (QED) is 0.293. The van der Waals surface area contributed by atoms with Crippen molar-refractivity contribution in [2.75, 3.05) is 11.5 Å². The number of nitrogens with two attached hydrogens (primary N) is 1. The number of rotatable bonds is 14. The fourth-order valence-corrected chi connectivity index (χ4v) is 5.52. The van der Waals surface area contributed by atoms with Gasteiger partial charge in [0.15, 0.2) is 10.9 Å². The molecule has 2 rings (SSSR count). The molecule has 0 fully saturated rings. The van der Waals surface area contributed by atoms with Crippen LogP contribution in [0.3, 0.4) is 0 Å². The van der Waals surface area contributed by atoms with E-state index in [-0.39, 0.29) is 40.5 Å². The lowest BCUT2D eigenvalue weighted by atomic mass is 9.96. The number of hydrogen-bond donors (Lipinski definition) is 3. The van der Waals surface area contributed by atoms with Gasteiger partial charge < -0.3 is 16.4 Å². The molecular formula is C28H33N3O6S2. The maximum atomic E-state index is 12.9. The molecule has 3 atom stereocenters. The molecule has 3 unspecified atom stereocenters. The molecule has 9 nitrogen and oxygen atoms in total. The summed E-state index contributed by atoms with van der Waals surface area (Å²) in [6, 6.07) is 14.2. The Labute approximate surface area is 236 Å². The maximum absolute atomic E-state index is 12.9. The summed E-state index contributed by atoms with van der Waals surface area (Å²) in [6.45, 7) is 4.33. The van der Waals surface area contributed by atoms with Crippen LogP contribution in [-0.4, -0.2) is 57.3 Å². The number of amides is 3. The maximum Gasteiger partial charge on any atom is 0.240 e. The molecule has 4 N–H and O–H groups in total. The topological polar surface area (TPSA) is 152 Å². The zero-order valence-corrected chi connectivity index (χ0v) is 23.7. The van der Waals surface area contributed by atoms with E-state index >= 15 is 0 Å². The first-order chi connectivity index (χ1) is 18.5. The molecule has 0 saturated heterocycles. The SMILES string of the molecule is CC(=O)NC(CCSC(=O)C(CCSC(=O)C(C)c1cccc(C(=O)c2ccccc2)c1)NC(C)=O)C(N)=O. The highest BCUT2D eigenvalue weighted by Crippen LogP contribution is 2.25. The van der Waals surface area contributed by atoms with Crippen molar-refractivity contribution in [1.82, 2.24) is 10.6 Å². The van der Waals surface area contributed by atoms with Gasteiger partial charge in [-0.05, 0) is 24.5 Å². The molecule has 0 heterocycles. The largest absolute Gasteiger partial charge is 0.368 e. The fraction of sp³-hybridized carbons (Fsp3) is 0.357. The Morgan fingerprint density at radius 3 is 1.87 bits per heavy atom. The summed E-state index contributed by atoms with van der Waals surface area (Å²) in [5, 5.41) is 4.61. The van der Waals surface area contributed by atoms with Crippen molar-refractivity contribution in [3.05, 3.63) is 71.3 Å². The molecule has 2 aromatic rings. The van der Waals surface area contributed by atoms with E-state index in [0.717, 1.165) is 23.5 Å². The molecule has 0 aliphatic carbocycles. The van der Waals surface area contributed by atoms with Gasteiger partial charge in [0.25, 0.3) is 0 Å². The summed E-state index contributed by atoms with van der Waals surface area (Å²) in [5.41, 5.74) is 7.05. The smallest absolute Gasteiger partial charge is 0.240 e. The third kappa shape index (κ3) is 10.7. The van der Waals surface area contributed by atoms with Crippen molar-refractivity contribution in [3.63, 3.8) is 0 Å². The average molecular weight is 572 g/mol. The minimum absolute atomic E-state index is 0.124. The molecule has 0 spiro atoms. The normalized spacial score (nSPS) is 13.0. The van der Waals surface area contributed by atoms with E-state index in [2.05, 4.69) is 10.6 Å². The highest BCUT2D eigenvalue weighted by molar-refractivity contribution is 8.14. The number of carbonyl (C=O) groups excluding carboxylic acids is 6. The number of primary amides is 1. The van der Waals surface area contributed by atoms with Crippen LogP contribution in [0, 0.1) is 0 Å². The van der Waals surface area contributed by atoms with Crippen LogP contribution in [0.1, 0.15) is 61.0 Å². The Balaban J connectivity index is 1.93. The highest BCUT2D eigenvalue weighted by Gasteiger charge is 2.24. The number of thioether (sulfide) groups is 2. The summed E-state index contributed by atoms with van der Waals surface area (Å²) >= 11 is 1.98. The molecule has 0 bridgehead atoms. The molecule has 0 saturated carbocycles. The first-order valence-electron chi connectivity index (χ1n) is 12.4. The van der Waals surface area contributed by atoms with Crippen molar-refractivity contribution in [3.8, 4) is 0 Å². The van der Waals surface area contributed by atoms with E-state index in [4.69, 9.17) is 5.73 Å². The van der Waals surface area contributed by atoms with Crippen molar-refractivity contribution >= 4 is 57.3 Å². The Bertz CT molecular complexity index is 1200. The second kappa shape index (κ2) is 15.8. The van der Waals surface area contributed by atoms with Crippen LogP contribution in [0.4, 0.5) is 0 Å². The van der Waals surface area contributed by atoms with Crippen LogP contribution in [0.25, 0.3) is 0 Å². The summed E-state index contributed by atoms with van der Waals surface area (Å²) in [5.74, 6) is -1.59. The molecule has 11 heteroatoms. The van der Waals surface area contributed by atoms with Crippen molar-refractivity contribution in [2.45, 2.75) is 51.6 Å². The van der Waals surface area contributed by atoms with Gasteiger partial charge in [-0.2, -0.15) is 0 Å². The van der Waals surface area contributed by atoms with Gasteiger partial charge in [0.2, 0.25) is 22.8 Å². The molecular weight excluding hydrogens is 538 g/mol. The zero-order valence-electron chi connectivity index (χ0n) is 22.1. The van der Waals surface area contributed by atoms with Gasteiger partial charge in [0.1, 0.15) is 6.04 Å². The monoisotopic (exact) mass is 571 g/mol. The summed E-state index contributed by atoms with van der Waals surface area (Å²) in [4.78, 5) is 72.7. The van der Waals surface area contributed by atoms with E-state index in [1.807, 2.05) is 6.07 Å². The Morgan fingerprint density at radius 2 is 1.28 bits per heavy atom. The van der Waals surface area contributed by atoms with Crippen molar-refractivity contribution in [2.24, 2.45) is 5.73 Å². The van der Waals surface area contributed by atoms with Crippen LogP contribution in [0.2, 0.25) is 0 Å². The number of carbonyl (C=O) groups is 6. The third-order valence-corrected chi connectivity index (χ3v) is 7.81. The van der Waals surface area contributed by atoms with Gasteiger partial charge in [0.05, 0.1) is 12.0 Å². The minimum atomic E-state index is -0.891. The van der Waals surface area contributed by atoms with Gasteiger partial charge in [-0.25, -0.2) is 0 Å². The van der Waals surface area contributed by atoms with Gasteiger partial charge in [-0.1, -0.05) is 79.0 Å². The van der Waals surface area contributed by atoms with Gasteiger partial charge in [-0.3, -0.25) is 28.8 Å². The van der Waals surface area contributed by atoms with E-state index in [9.17, 15) is 28.8 Å². The highest BCUT2D eigenvalue weighted by atomic mass is 32.2. The summed E-state index contributed by atoms with van der Waals surface area (Å²) < 4.78 is 0. The molecule has 0 aliphatic rings. The van der Waals surface area contributed by atoms with Crippen LogP contribution < -0.4 is 16.4 Å². The first-order valence-corrected chi connectivity index (χ1v) is 14.3. The molecule has 0 aromatic heterocycles. The third-order valence-electron chi connectivity index (χ3n) is 5.72. The van der Waals surface area contributed by atoms with Crippen molar-refractivity contribution in [1.29, 1.82) is 0 Å². The first kappa shape index (κ1) is 31.8. The molecule has 0 aliphatic heterocycles. The van der Waals surface area contributed by atoms with Crippen LogP contribution >= 0.6 is 23.5 Å². The minimum Gasteiger partial charge on any atom is -0.368 e. The summed E-state index contributed by atoms with van der Waals surface area (Å²) in [6.07, 6.45) is 0.390. The van der Waals surface area contributed by atoms with E-state index in [1.54, 1.807) is 55.5 Å². The lowest BCUT2D eigenvalue weighted by Crippen LogP contribution is -2.44.